The standard InChI is InChI=1S/C13H30N2/c1-7-9-14-13(11(3)4)10-15(6)12(5)8-2/h11-14H,7-10H2,1-6H3. The molecule has 0 radical (unpaired) electrons. The molecule has 0 bridgehead atoms. The van der Waals surface area contributed by atoms with Gasteiger partial charge in [0.1, 0.15) is 0 Å². The fourth-order valence-electron chi connectivity index (χ4n) is 1.64. The summed E-state index contributed by atoms with van der Waals surface area (Å²) in [5.74, 6) is 0.711. The molecule has 0 aromatic heterocycles. The average molecular weight is 214 g/mol. The van der Waals surface area contributed by atoms with Crippen LogP contribution in [0.3, 0.4) is 0 Å². The van der Waals surface area contributed by atoms with Crippen LogP contribution in [0.5, 0.6) is 0 Å². The zero-order valence-electron chi connectivity index (χ0n) is 11.5. The third-order valence-electron chi connectivity index (χ3n) is 3.29. The summed E-state index contributed by atoms with van der Waals surface area (Å²) in [6.07, 6.45) is 2.45. The summed E-state index contributed by atoms with van der Waals surface area (Å²) in [6, 6.07) is 1.32. The van der Waals surface area contributed by atoms with Crippen LogP contribution < -0.4 is 5.32 Å². The number of rotatable bonds is 8. The first-order valence-electron chi connectivity index (χ1n) is 6.46. The SMILES string of the molecule is CCCNC(CN(C)C(C)CC)C(C)C. The molecule has 0 rings (SSSR count). The van der Waals surface area contributed by atoms with E-state index in [4.69, 9.17) is 0 Å². The van der Waals surface area contributed by atoms with Crippen LogP contribution in [0.15, 0.2) is 0 Å². The highest BCUT2D eigenvalue weighted by Gasteiger charge is 2.16. The molecule has 1 N–H and O–H groups in total. The van der Waals surface area contributed by atoms with Crippen molar-refractivity contribution in [2.45, 2.75) is 59.5 Å². The Balaban J connectivity index is 4.03. The molecule has 2 nitrogen and oxygen atoms in total. The van der Waals surface area contributed by atoms with Gasteiger partial charge in [0.15, 0.2) is 0 Å². The topological polar surface area (TPSA) is 15.3 Å². The number of likely N-dealkylation sites (N-methyl/N-ethyl adjacent to an activating group) is 1. The largest absolute Gasteiger partial charge is 0.312 e. The summed E-state index contributed by atoms with van der Waals surface area (Å²) in [5.41, 5.74) is 0. The molecule has 0 aliphatic heterocycles. The van der Waals surface area contributed by atoms with Gasteiger partial charge in [-0.2, -0.15) is 0 Å². The summed E-state index contributed by atoms with van der Waals surface area (Å²) < 4.78 is 0. The van der Waals surface area contributed by atoms with Gasteiger partial charge in [-0.3, -0.25) is 0 Å². The molecule has 2 unspecified atom stereocenters. The summed E-state index contributed by atoms with van der Waals surface area (Å²) >= 11 is 0. The molecule has 0 aliphatic rings. The fraction of sp³-hybridized carbons (Fsp3) is 1.00. The van der Waals surface area contributed by atoms with E-state index >= 15 is 0 Å². The Kier molecular flexibility index (Phi) is 8.07. The fourth-order valence-corrected chi connectivity index (χ4v) is 1.64. The van der Waals surface area contributed by atoms with Gasteiger partial charge < -0.3 is 10.2 Å². The summed E-state index contributed by atoms with van der Waals surface area (Å²) in [5, 5.41) is 3.64. The van der Waals surface area contributed by atoms with Crippen LogP contribution >= 0.6 is 0 Å². The lowest BCUT2D eigenvalue weighted by atomic mass is 10.0. The highest BCUT2D eigenvalue weighted by molar-refractivity contribution is 4.75. The Morgan fingerprint density at radius 2 is 1.73 bits per heavy atom. The maximum Gasteiger partial charge on any atom is 0.0217 e. The molecule has 0 aromatic carbocycles. The van der Waals surface area contributed by atoms with Gasteiger partial charge in [-0.15, -0.1) is 0 Å². The van der Waals surface area contributed by atoms with E-state index in [1.165, 1.54) is 12.8 Å². The van der Waals surface area contributed by atoms with E-state index in [0.29, 0.717) is 18.0 Å². The molecular formula is C13H30N2. The monoisotopic (exact) mass is 214 g/mol. The van der Waals surface area contributed by atoms with Crippen LogP contribution in [0.2, 0.25) is 0 Å². The van der Waals surface area contributed by atoms with E-state index in [0.717, 1.165) is 13.1 Å². The molecule has 15 heavy (non-hydrogen) atoms. The van der Waals surface area contributed by atoms with Crippen molar-refractivity contribution < 1.29 is 0 Å². The lowest BCUT2D eigenvalue weighted by molar-refractivity contribution is 0.203. The maximum absolute atomic E-state index is 3.64. The first-order valence-corrected chi connectivity index (χ1v) is 6.46. The molecule has 0 saturated carbocycles. The van der Waals surface area contributed by atoms with Crippen LogP contribution in [-0.4, -0.2) is 37.1 Å². The van der Waals surface area contributed by atoms with E-state index < -0.39 is 0 Å². The van der Waals surface area contributed by atoms with Gasteiger partial charge in [-0.1, -0.05) is 27.7 Å². The lowest BCUT2D eigenvalue weighted by Crippen LogP contribution is -2.45. The Bertz CT molecular complexity index is 145. The van der Waals surface area contributed by atoms with Gasteiger partial charge in [0.25, 0.3) is 0 Å². The summed E-state index contributed by atoms with van der Waals surface area (Å²) in [7, 11) is 2.23. The predicted molar refractivity (Wildman–Crippen MR) is 69.3 cm³/mol. The highest BCUT2D eigenvalue weighted by Crippen LogP contribution is 2.07. The van der Waals surface area contributed by atoms with E-state index in [2.05, 4.69) is 51.9 Å². The summed E-state index contributed by atoms with van der Waals surface area (Å²) in [4.78, 5) is 2.47. The minimum atomic E-state index is 0.629. The van der Waals surface area contributed by atoms with Crippen molar-refractivity contribution in [1.29, 1.82) is 0 Å². The Morgan fingerprint density at radius 3 is 2.13 bits per heavy atom. The predicted octanol–water partition coefficient (Wildman–Crippen LogP) is 2.74. The van der Waals surface area contributed by atoms with Crippen LogP contribution in [0, 0.1) is 5.92 Å². The molecule has 0 spiro atoms. The first kappa shape index (κ1) is 14.9. The second kappa shape index (κ2) is 8.12. The molecule has 0 amide bonds. The lowest BCUT2D eigenvalue weighted by Gasteiger charge is -2.31. The van der Waals surface area contributed by atoms with E-state index in [-0.39, 0.29) is 0 Å². The number of nitrogens with one attached hydrogen (secondary N) is 1. The normalized spacial score (nSPS) is 16.0. The van der Waals surface area contributed by atoms with Gasteiger partial charge >= 0.3 is 0 Å². The molecule has 2 atom stereocenters. The summed E-state index contributed by atoms with van der Waals surface area (Å²) in [6.45, 7) is 13.7. The molecule has 0 aliphatic carbocycles. The van der Waals surface area contributed by atoms with Gasteiger partial charge in [0.05, 0.1) is 0 Å². The van der Waals surface area contributed by atoms with Crippen molar-refractivity contribution in [3.8, 4) is 0 Å². The molecule has 92 valence electrons. The number of hydrogen-bond donors (Lipinski definition) is 1. The van der Waals surface area contributed by atoms with E-state index in [1.807, 2.05) is 0 Å². The first-order chi connectivity index (χ1) is 7.02. The minimum absolute atomic E-state index is 0.629. The average Bonchev–Trinajstić information content (AvgIpc) is 2.22. The maximum atomic E-state index is 3.64. The van der Waals surface area contributed by atoms with Crippen molar-refractivity contribution in [3.05, 3.63) is 0 Å². The number of nitrogens with zero attached hydrogens (tertiary/aromatic N) is 1. The third kappa shape index (κ3) is 6.16. The Hall–Kier alpha value is -0.0800. The van der Waals surface area contributed by atoms with Crippen molar-refractivity contribution in [3.63, 3.8) is 0 Å². The molecule has 2 heteroatoms. The van der Waals surface area contributed by atoms with Crippen LogP contribution in [-0.2, 0) is 0 Å². The molecular weight excluding hydrogens is 184 g/mol. The van der Waals surface area contributed by atoms with Crippen molar-refractivity contribution in [2.24, 2.45) is 5.92 Å². The Morgan fingerprint density at radius 1 is 1.13 bits per heavy atom. The Labute approximate surface area is 96.4 Å². The smallest absolute Gasteiger partial charge is 0.0217 e. The highest BCUT2D eigenvalue weighted by atomic mass is 15.1. The second-order valence-corrected chi connectivity index (χ2v) is 5.00. The van der Waals surface area contributed by atoms with Crippen LogP contribution in [0.4, 0.5) is 0 Å². The van der Waals surface area contributed by atoms with Gasteiger partial charge in [-0.05, 0) is 39.3 Å². The van der Waals surface area contributed by atoms with E-state index in [9.17, 15) is 0 Å². The molecule has 0 saturated heterocycles. The zero-order valence-corrected chi connectivity index (χ0v) is 11.5. The van der Waals surface area contributed by atoms with Gasteiger partial charge in [0, 0.05) is 18.6 Å². The van der Waals surface area contributed by atoms with Crippen LogP contribution in [0.25, 0.3) is 0 Å². The molecule has 0 fully saturated rings. The van der Waals surface area contributed by atoms with Crippen molar-refractivity contribution >= 4 is 0 Å². The quantitative estimate of drug-likeness (QED) is 0.668. The van der Waals surface area contributed by atoms with Crippen molar-refractivity contribution in [2.75, 3.05) is 20.1 Å². The van der Waals surface area contributed by atoms with Crippen molar-refractivity contribution in [1.82, 2.24) is 10.2 Å². The second-order valence-electron chi connectivity index (χ2n) is 5.00. The van der Waals surface area contributed by atoms with Gasteiger partial charge in [0.2, 0.25) is 0 Å². The third-order valence-corrected chi connectivity index (χ3v) is 3.29. The molecule has 0 heterocycles. The van der Waals surface area contributed by atoms with E-state index in [1.54, 1.807) is 0 Å². The minimum Gasteiger partial charge on any atom is -0.312 e. The number of hydrogen-bond acceptors (Lipinski definition) is 2. The molecule has 0 aromatic rings. The zero-order chi connectivity index (χ0) is 11.8. The van der Waals surface area contributed by atoms with Crippen LogP contribution in [0.1, 0.15) is 47.5 Å². The van der Waals surface area contributed by atoms with Gasteiger partial charge in [-0.25, -0.2) is 0 Å².